The topological polar surface area (TPSA) is 74.7 Å². The number of hydrogen-bond acceptors (Lipinski definition) is 3. The van der Waals surface area contributed by atoms with Crippen LogP contribution in [0.3, 0.4) is 0 Å². The van der Waals surface area contributed by atoms with Crippen molar-refractivity contribution in [2.75, 3.05) is 0 Å². The first-order chi connectivity index (χ1) is 15.7. The van der Waals surface area contributed by atoms with Crippen LogP contribution in [0, 0.1) is 0 Å². The minimum atomic E-state index is -4.14. The Morgan fingerprint density at radius 3 is 2.09 bits per heavy atom. The Morgan fingerprint density at radius 2 is 1.52 bits per heavy atom. The lowest BCUT2D eigenvalue weighted by molar-refractivity contribution is -0.133. The van der Waals surface area contributed by atoms with Crippen molar-refractivity contribution in [3.05, 3.63) is 110 Å². The van der Waals surface area contributed by atoms with E-state index >= 15 is 0 Å². The minimum Gasteiger partial charge on any atom is -0.478 e. The number of rotatable bonds is 5. The van der Waals surface area contributed by atoms with Crippen LogP contribution in [0.1, 0.15) is 29.6 Å². The molecule has 0 bridgehead atoms. The zero-order valence-electron chi connectivity index (χ0n) is 17.0. The fourth-order valence-electron chi connectivity index (χ4n) is 4.01. The molecule has 2 atom stereocenters. The molecule has 3 aromatic rings. The molecule has 0 saturated heterocycles. The van der Waals surface area contributed by atoms with Gasteiger partial charge in [-0.15, -0.1) is 0 Å². The summed E-state index contributed by atoms with van der Waals surface area (Å²) in [5.41, 5.74) is 1.09. The second kappa shape index (κ2) is 9.60. The van der Waals surface area contributed by atoms with Crippen molar-refractivity contribution >= 4 is 55.1 Å². The first kappa shape index (κ1) is 24.0. The number of halogens is 3. The Kier molecular flexibility index (Phi) is 6.98. The highest BCUT2D eigenvalue weighted by Gasteiger charge is 2.44. The first-order valence-corrected chi connectivity index (χ1v) is 12.9. The highest BCUT2D eigenvalue weighted by Crippen LogP contribution is 2.46. The van der Waals surface area contributed by atoms with Gasteiger partial charge < -0.3 is 5.11 Å². The van der Waals surface area contributed by atoms with Gasteiger partial charge in [0.25, 0.3) is 0 Å². The van der Waals surface area contributed by atoms with Crippen LogP contribution in [-0.2, 0) is 14.8 Å². The monoisotopic (exact) mass is 565 g/mol. The molecule has 1 aliphatic heterocycles. The zero-order valence-corrected chi connectivity index (χ0v) is 20.9. The maximum absolute atomic E-state index is 14.0. The van der Waals surface area contributed by atoms with Crippen LogP contribution >= 0.6 is 39.1 Å². The number of sulfonamides is 1. The molecular weight excluding hydrogens is 549 g/mol. The normalized spacial score (nSPS) is 19.2. The van der Waals surface area contributed by atoms with E-state index < -0.39 is 28.1 Å². The number of benzene rings is 3. The molecule has 0 aliphatic carbocycles. The van der Waals surface area contributed by atoms with E-state index in [1.807, 2.05) is 0 Å². The van der Waals surface area contributed by atoms with Gasteiger partial charge in [0.15, 0.2) is 0 Å². The summed E-state index contributed by atoms with van der Waals surface area (Å²) in [6.07, 6.45) is 1.75. The average molecular weight is 567 g/mol. The highest BCUT2D eigenvalue weighted by molar-refractivity contribution is 9.10. The summed E-state index contributed by atoms with van der Waals surface area (Å²) in [5, 5.41) is 10.8. The second-order valence-corrected chi connectivity index (χ2v) is 11.1. The van der Waals surface area contributed by atoms with Gasteiger partial charge >= 0.3 is 5.97 Å². The molecule has 3 aromatic carbocycles. The predicted molar refractivity (Wildman–Crippen MR) is 132 cm³/mol. The van der Waals surface area contributed by atoms with Gasteiger partial charge in [-0.3, -0.25) is 0 Å². The first-order valence-electron chi connectivity index (χ1n) is 9.92. The van der Waals surface area contributed by atoms with Gasteiger partial charge in [-0.1, -0.05) is 69.5 Å². The van der Waals surface area contributed by atoms with Gasteiger partial charge in [-0.25, -0.2) is 13.2 Å². The molecule has 0 spiro atoms. The van der Waals surface area contributed by atoms with Gasteiger partial charge in [-0.2, -0.15) is 4.31 Å². The fourth-order valence-corrected chi connectivity index (χ4v) is 6.45. The largest absolute Gasteiger partial charge is 0.478 e. The van der Waals surface area contributed by atoms with Crippen LogP contribution in [0.5, 0.6) is 0 Å². The number of aliphatic carboxylic acids is 1. The Bertz CT molecular complexity index is 1340. The van der Waals surface area contributed by atoms with Crippen LogP contribution in [0.15, 0.2) is 93.8 Å². The van der Waals surface area contributed by atoms with Crippen molar-refractivity contribution < 1.29 is 18.3 Å². The number of carboxylic acids is 1. The van der Waals surface area contributed by atoms with Crippen molar-refractivity contribution in [2.45, 2.75) is 23.4 Å². The molecule has 0 saturated carbocycles. The van der Waals surface area contributed by atoms with Crippen LogP contribution in [0.2, 0.25) is 10.0 Å². The highest BCUT2D eigenvalue weighted by atomic mass is 79.9. The van der Waals surface area contributed by atoms with Gasteiger partial charge in [-0.05, 0) is 66.1 Å². The van der Waals surface area contributed by atoms with E-state index in [0.29, 0.717) is 21.2 Å². The Labute approximate surface area is 210 Å². The number of carbonyl (C=O) groups is 1. The molecule has 1 heterocycles. The predicted octanol–water partition coefficient (Wildman–Crippen LogP) is 6.64. The summed E-state index contributed by atoms with van der Waals surface area (Å²) in [7, 11) is -4.14. The third kappa shape index (κ3) is 4.88. The lowest BCUT2D eigenvalue weighted by Crippen LogP contribution is -2.42. The molecule has 0 fully saturated rings. The summed E-state index contributed by atoms with van der Waals surface area (Å²) in [5.74, 6) is -1.19. The third-order valence-electron chi connectivity index (χ3n) is 5.45. The van der Waals surface area contributed by atoms with Crippen LogP contribution < -0.4 is 0 Å². The maximum atomic E-state index is 14.0. The zero-order chi connectivity index (χ0) is 23.8. The fraction of sp³-hybridized carbons (Fsp3) is 0.125. The van der Waals surface area contributed by atoms with Crippen LogP contribution in [0.25, 0.3) is 0 Å². The number of carboxylic acid groups (broad SMARTS) is 1. The second-order valence-electron chi connectivity index (χ2n) is 7.52. The molecule has 33 heavy (non-hydrogen) atoms. The Morgan fingerprint density at radius 1 is 0.939 bits per heavy atom. The summed E-state index contributed by atoms with van der Waals surface area (Å²) >= 11 is 15.7. The van der Waals surface area contributed by atoms with E-state index in [1.54, 1.807) is 66.7 Å². The molecule has 1 aliphatic rings. The van der Waals surface area contributed by atoms with E-state index in [2.05, 4.69) is 15.9 Å². The number of hydrogen-bond donors (Lipinski definition) is 1. The SMILES string of the molecule is O=C(O)C1=CCC(c2cccc(Cl)c2)N(S(=O)(=O)c2ccc(Br)cc2)[C@H]1c1cccc(Cl)c1. The Balaban J connectivity index is 1.98. The summed E-state index contributed by atoms with van der Waals surface area (Å²) < 4.78 is 30.0. The van der Waals surface area contributed by atoms with E-state index in [9.17, 15) is 18.3 Å². The standard InChI is InChI=1S/C24H18BrCl2NO4S/c25-17-7-9-20(10-8-17)33(31,32)28-22(15-3-1-5-18(26)13-15)12-11-21(24(29)30)23(28)16-4-2-6-19(27)14-16/h1-11,13-14,22-23H,12H2,(H,29,30)/t22?,23-/m0/s1. The molecule has 0 amide bonds. The quantitative estimate of drug-likeness (QED) is 0.375. The lowest BCUT2D eigenvalue weighted by atomic mass is 9.89. The third-order valence-corrected chi connectivity index (χ3v) is 8.34. The molecular formula is C24H18BrCl2NO4S. The van der Waals surface area contributed by atoms with E-state index in [0.717, 1.165) is 4.47 Å². The van der Waals surface area contributed by atoms with E-state index in [1.165, 1.54) is 16.4 Å². The van der Waals surface area contributed by atoms with Crippen molar-refractivity contribution in [1.29, 1.82) is 0 Å². The Hall–Kier alpha value is -2.16. The molecule has 1 unspecified atom stereocenters. The van der Waals surface area contributed by atoms with Crippen molar-refractivity contribution in [2.24, 2.45) is 0 Å². The smallest absolute Gasteiger partial charge is 0.333 e. The molecule has 4 rings (SSSR count). The summed E-state index contributed by atoms with van der Waals surface area (Å²) in [6, 6.07) is 18.0. The van der Waals surface area contributed by atoms with Crippen molar-refractivity contribution in [3.8, 4) is 0 Å². The molecule has 1 N–H and O–H groups in total. The van der Waals surface area contributed by atoms with Crippen molar-refractivity contribution in [1.82, 2.24) is 4.31 Å². The summed E-state index contributed by atoms with van der Waals surface area (Å²) in [6.45, 7) is 0. The lowest BCUT2D eigenvalue weighted by Gasteiger charge is -2.40. The average Bonchev–Trinajstić information content (AvgIpc) is 2.78. The molecule has 170 valence electrons. The maximum Gasteiger partial charge on any atom is 0.333 e. The minimum absolute atomic E-state index is 0.0313. The molecule has 9 heteroatoms. The van der Waals surface area contributed by atoms with Gasteiger partial charge in [0.2, 0.25) is 10.0 Å². The van der Waals surface area contributed by atoms with Crippen molar-refractivity contribution in [3.63, 3.8) is 0 Å². The van der Waals surface area contributed by atoms with Gasteiger partial charge in [0, 0.05) is 14.5 Å². The van der Waals surface area contributed by atoms with E-state index in [4.69, 9.17) is 23.2 Å². The molecule has 0 aromatic heterocycles. The number of nitrogens with zero attached hydrogens (tertiary/aromatic N) is 1. The van der Waals surface area contributed by atoms with Gasteiger partial charge in [0.05, 0.1) is 22.6 Å². The van der Waals surface area contributed by atoms with Crippen LogP contribution in [0.4, 0.5) is 0 Å². The van der Waals surface area contributed by atoms with Crippen LogP contribution in [-0.4, -0.2) is 23.8 Å². The summed E-state index contributed by atoms with van der Waals surface area (Å²) in [4.78, 5) is 12.3. The van der Waals surface area contributed by atoms with Gasteiger partial charge in [0.1, 0.15) is 0 Å². The molecule has 0 radical (unpaired) electrons. The molecule has 5 nitrogen and oxygen atoms in total. The van der Waals surface area contributed by atoms with E-state index in [-0.39, 0.29) is 16.9 Å².